The van der Waals surface area contributed by atoms with Crippen LogP contribution in [0.25, 0.3) is 0 Å². The molecule has 1 saturated carbocycles. The van der Waals surface area contributed by atoms with Gasteiger partial charge < -0.3 is 10.2 Å². The zero-order valence-corrected chi connectivity index (χ0v) is 13.0. The first kappa shape index (κ1) is 15.1. The largest absolute Gasteiger partial charge is 0.313 e. The van der Waals surface area contributed by atoms with Crippen LogP contribution in [0.15, 0.2) is 11.6 Å². The molecule has 1 fully saturated rings. The summed E-state index contributed by atoms with van der Waals surface area (Å²) in [7, 11) is 4.33. The van der Waals surface area contributed by atoms with Gasteiger partial charge in [-0.15, -0.1) is 0 Å². The van der Waals surface area contributed by atoms with Crippen molar-refractivity contribution in [3.8, 4) is 0 Å². The minimum atomic E-state index is 0.764. The van der Waals surface area contributed by atoms with Gasteiger partial charge in [-0.2, -0.15) is 0 Å². The minimum absolute atomic E-state index is 0.764. The maximum absolute atomic E-state index is 3.86. The maximum atomic E-state index is 3.86. The molecular weight excluding hydrogens is 232 g/mol. The molecular formula is C17H32N2. The van der Waals surface area contributed by atoms with Gasteiger partial charge >= 0.3 is 0 Å². The predicted octanol–water partition coefficient (Wildman–Crippen LogP) is 3.59. The minimum Gasteiger partial charge on any atom is -0.313 e. The molecule has 2 rings (SSSR count). The smallest absolute Gasteiger partial charge is 0.0132 e. The van der Waals surface area contributed by atoms with Crippen molar-refractivity contribution in [2.45, 2.75) is 63.8 Å². The lowest BCUT2D eigenvalue weighted by Gasteiger charge is -2.35. The molecule has 1 N–H and O–H groups in total. The third-order valence-electron chi connectivity index (χ3n) is 4.76. The quantitative estimate of drug-likeness (QED) is 0.582. The van der Waals surface area contributed by atoms with Crippen LogP contribution in [-0.4, -0.2) is 38.1 Å². The summed E-state index contributed by atoms with van der Waals surface area (Å²) in [5.41, 5.74) is 1.79. The van der Waals surface area contributed by atoms with Crippen LogP contribution in [0, 0.1) is 5.92 Å². The highest BCUT2D eigenvalue weighted by Crippen LogP contribution is 2.35. The standard InChI is InChI=1S/C17H32N2/c1-19(2)14-8-13-18-17-12-7-6-11-16(17)15-9-4-3-5-10-15/h9,16-18H,3-8,10-14H2,1-2H3/t16-,17+/m0/s1. The summed E-state index contributed by atoms with van der Waals surface area (Å²) >= 11 is 0. The fourth-order valence-electron chi connectivity index (χ4n) is 3.70. The molecule has 0 radical (unpaired) electrons. The normalized spacial score (nSPS) is 28.5. The van der Waals surface area contributed by atoms with Crippen molar-refractivity contribution in [3.05, 3.63) is 11.6 Å². The molecule has 0 spiro atoms. The van der Waals surface area contributed by atoms with Crippen molar-refractivity contribution in [1.29, 1.82) is 0 Å². The molecule has 2 nitrogen and oxygen atoms in total. The molecule has 19 heavy (non-hydrogen) atoms. The van der Waals surface area contributed by atoms with E-state index in [0.717, 1.165) is 12.0 Å². The monoisotopic (exact) mass is 264 g/mol. The lowest BCUT2D eigenvalue weighted by molar-refractivity contribution is 0.281. The van der Waals surface area contributed by atoms with Gasteiger partial charge in [-0.05, 0) is 78.0 Å². The fraction of sp³-hybridized carbons (Fsp3) is 0.882. The molecule has 0 unspecified atom stereocenters. The summed E-state index contributed by atoms with van der Waals surface area (Å²) in [6, 6.07) is 0.764. The van der Waals surface area contributed by atoms with Crippen molar-refractivity contribution < 1.29 is 0 Å². The first-order valence-electron chi connectivity index (χ1n) is 8.34. The Morgan fingerprint density at radius 1 is 1.16 bits per heavy atom. The van der Waals surface area contributed by atoms with Crippen LogP contribution in [0.3, 0.4) is 0 Å². The Balaban J connectivity index is 1.80. The summed E-state index contributed by atoms with van der Waals surface area (Å²) in [5, 5.41) is 3.86. The third-order valence-corrected chi connectivity index (χ3v) is 4.76. The van der Waals surface area contributed by atoms with Crippen LogP contribution in [0.1, 0.15) is 57.8 Å². The molecule has 2 atom stereocenters. The number of rotatable bonds is 6. The molecule has 0 aromatic rings. The van der Waals surface area contributed by atoms with Gasteiger partial charge in [-0.3, -0.25) is 0 Å². The Hall–Kier alpha value is -0.340. The highest BCUT2D eigenvalue weighted by Gasteiger charge is 2.27. The molecule has 0 aromatic heterocycles. The van der Waals surface area contributed by atoms with Crippen LogP contribution in [-0.2, 0) is 0 Å². The van der Waals surface area contributed by atoms with Crippen molar-refractivity contribution in [3.63, 3.8) is 0 Å². The van der Waals surface area contributed by atoms with Crippen molar-refractivity contribution >= 4 is 0 Å². The van der Waals surface area contributed by atoms with E-state index in [1.165, 1.54) is 70.9 Å². The molecule has 110 valence electrons. The summed E-state index contributed by atoms with van der Waals surface area (Å²) in [4.78, 5) is 2.28. The van der Waals surface area contributed by atoms with Crippen molar-refractivity contribution in [1.82, 2.24) is 10.2 Å². The van der Waals surface area contributed by atoms with Gasteiger partial charge in [-0.25, -0.2) is 0 Å². The number of hydrogen-bond acceptors (Lipinski definition) is 2. The zero-order valence-electron chi connectivity index (χ0n) is 13.0. The van der Waals surface area contributed by atoms with Crippen LogP contribution >= 0.6 is 0 Å². The Bertz CT molecular complexity index is 283. The zero-order chi connectivity index (χ0) is 13.5. The predicted molar refractivity (Wildman–Crippen MR) is 83.5 cm³/mol. The summed E-state index contributed by atoms with van der Waals surface area (Å²) in [5.74, 6) is 0.855. The second kappa shape index (κ2) is 8.06. The summed E-state index contributed by atoms with van der Waals surface area (Å²) in [6.07, 6.45) is 15.1. The Labute approximate surface area is 119 Å². The van der Waals surface area contributed by atoms with E-state index in [4.69, 9.17) is 0 Å². The van der Waals surface area contributed by atoms with E-state index in [-0.39, 0.29) is 0 Å². The van der Waals surface area contributed by atoms with Gasteiger partial charge in [0.15, 0.2) is 0 Å². The van der Waals surface area contributed by atoms with E-state index in [9.17, 15) is 0 Å². The van der Waals surface area contributed by atoms with E-state index in [2.05, 4.69) is 30.4 Å². The van der Waals surface area contributed by atoms with Crippen LogP contribution < -0.4 is 5.32 Å². The summed E-state index contributed by atoms with van der Waals surface area (Å²) in [6.45, 7) is 2.39. The second-order valence-corrected chi connectivity index (χ2v) is 6.63. The van der Waals surface area contributed by atoms with E-state index >= 15 is 0 Å². The number of nitrogens with zero attached hydrogens (tertiary/aromatic N) is 1. The van der Waals surface area contributed by atoms with E-state index in [1.807, 2.05) is 0 Å². The van der Waals surface area contributed by atoms with Crippen molar-refractivity contribution in [2.24, 2.45) is 5.92 Å². The number of hydrogen-bond donors (Lipinski definition) is 1. The van der Waals surface area contributed by atoms with E-state index in [1.54, 1.807) is 5.57 Å². The molecule has 0 saturated heterocycles. The number of nitrogens with one attached hydrogen (secondary N) is 1. The molecule has 2 heteroatoms. The van der Waals surface area contributed by atoms with Gasteiger partial charge in [-0.1, -0.05) is 24.5 Å². The Morgan fingerprint density at radius 3 is 2.74 bits per heavy atom. The first-order chi connectivity index (χ1) is 9.27. The van der Waals surface area contributed by atoms with Crippen molar-refractivity contribution in [2.75, 3.05) is 27.2 Å². The molecule has 0 aromatic carbocycles. The van der Waals surface area contributed by atoms with Crippen LogP contribution in [0.4, 0.5) is 0 Å². The molecule has 0 bridgehead atoms. The van der Waals surface area contributed by atoms with Gasteiger partial charge in [0.05, 0.1) is 0 Å². The Kier molecular flexibility index (Phi) is 6.39. The van der Waals surface area contributed by atoms with E-state index < -0.39 is 0 Å². The topological polar surface area (TPSA) is 15.3 Å². The molecule has 0 amide bonds. The lowest BCUT2D eigenvalue weighted by atomic mass is 9.76. The Morgan fingerprint density at radius 2 is 2.00 bits per heavy atom. The molecule has 0 aliphatic heterocycles. The molecule has 2 aliphatic carbocycles. The number of allylic oxidation sites excluding steroid dienone is 1. The van der Waals surface area contributed by atoms with Crippen LogP contribution in [0.2, 0.25) is 0 Å². The third kappa shape index (κ3) is 4.92. The SMILES string of the molecule is CN(C)CCCN[C@@H]1CCCC[C@H]1C1=CCCCC1. The average Bonchev–Trinajstić information content (AvgIpc) is 2.45. The van der Waals surface area contributed by atoms with E-state index in [0.29, 0.717) is 0 Å². The van der Waals surface area contributed by atoms with Gasteiger partial charge in [0.1, 0.15) is 0 Å². The van der Waals surface area contributed by atoms with Gasteiger partial charge in [0.25, 0.3) is 0 Å². The van der Waals surface area contributed by atoms with Gasteiger partial charge in [0, 0.05) is 6.04 Å². The van der Waals surface area contributed by atoms with Gasteiger partial charge in [0.2, 0.25) is 0 Å². The first-order valence-corrected chi connectivity index (χ1v) is 8.34. The second-order valence-electron chi connectivity index (χ2n) is 6.63. The molecule has 0 heterocycles. The average molecular weight is 264 g/mol. The highest BCUT2D eigenvalue weighted by atomic mass is 15.1. The highest BCUT2D eigenvalue weighted by molar-refractivity contribution is 5.13. The van der Waals surface area contributed by atoms with Crippen LogP contribution in [0.5, 0.6) is 0 Å². The fourth-order valence-corrected chi connectivity index (χ4v) is 3.70. The summed E-state index contributed by atoms with van der Waals surface area (Å²) < 4.78 is 0. The lowest BCUT2D eigenvalue weighted by Crippen LogP contribution is -2.40. The maximum Gasteiger partial charge on any atom is 0.0132 e. The molecule has 2 aliphatic rings.